The molecule has 0 bridgehead atoms. The molecular weight excluding hydrogens is 364 g/mol. The molecule has 1 aliphatic rings. The van der Waals surface area contributed by atoms with Gasteiger partial charge in [-0.3, -0.25) is 4.79 Å². The Balaban J connectivity index is 1.63. The fourth-order valence-corrected chi connectivity index (χ4v) is 4.16. The highest BCUT2D eigenvalue weighted by Gasteiger charge is 2.34. The molecule has 4 rings (SSSR count). The van der Waals surface area contributed by atoms with E-state index in [1.165, 1.54) is 0 Å². The first-order valence-electron chi connectivity index (χ1n) is 8.74. The highest BCUT2D eigenvalue weighted by Crippen LogP contribution is 2.39. The predicted molar refractivity (Wildman–Crippen MR) is 102 cm³/mol. The van der Waals surface area contributed by atoms with Crippen LogP contribution in [0.5, 0.6) is 11.5 Å². The second-order valence-electron chi connectivity index (χ2n) is 6.32. The molecule has 1 saturated heterocycles. The average Bonchev–Trinajstić information content (AvgIpc) is 3.47. The van der Waals surface area contributed by atoms with E-state index in [0.717, 1.165) is 34.8 Å². The second-order valence-corrected chi connectivity index (χ2v) is 7.27. The van der Waals surface area contributed by atoms with Gasteiger partial charge >= 0.3 is 0 Å². The fraction of sp³-hybridized carbons (Fsp3) is 0.300. The minimum absolute atomic E-state index is 0.0792. The SMILES string of the molecule is COc1ccc(OC)c(C2CCCN2C(=O)c2cc(-c3cccs3)on2)c1. The summed E-state index contributed by atoms with van der Waals surface area (Å²) in [6, 6.07) is 11.2. The molecule has 0 spiro atoms. The summed E-state index contributed by atoms with van der Waals surface area (Å²) in [6.07, 6.45) is 1.79. The van der Waals surface area contributed by atoms with Gasteiger partial charge in [-0.15, -0.1) is 11.3 Å². The second kappa shape index (κ2) is 7.44. The van der Waals surface area contributed by atoms with Gasteiger partial charge in [-0.2, -0.15) is 0 Å². The van der Waals surface area contributed by atoms with Crippen LogP contribution in [0.15, 0.2) is 46.3 Å². The van der Waals surface area contributed by atoms with E-state index < -0.39 is 0 Å². The molecule has 27 heavy (non-hydrogen) atoms. The van der Waals surface area contributed by atoms with Crippen LogP contribution in [0.2, 0.25) is 0 Å². The summed E-state index contributed by atoms with van der Waals surface area (Å²) in [5.74, 6) is 1.98. The normalized spacial score (nSPS) is 16.5. The van der Waals surface area contributed by atoms with E-state index in [4.69, 9.17) is 14.0 Å². The maximum atomic E-state index is 13.1. The Labute approximate surface area is 161 Å². The summed E-state index contributed by atoms with van der Waals surface area (Å²) in [7, 11) is 3.27. The molecule has 2 aromatic heterocycles. The monoisotopic (exact) mass is 384 g/mol. The van der Waals surface area contributed by atoms with Crippen molar-refractivity contribution in [1.29, 1.82) is 0 Å². The van der Waals surface area contributed by atoms with Crippen molar-refractivity contribution in [1.82, 2.24) is 10.1 Å². The Morgan fingerprint density at radius 3 is 2.89 bits per heavy atom. The number of benzene rings is 1. The Hall–Kier alpha value is -2.80. The van der Waals surface area contributed by atoms with E-state index in [-0.39, 0.29) is 11.9 Å². The zero-order chi connectivity index (χ0) is 18.8. The summed E-state index contributed by atoms with van der Waals surface area (Å²) in [4.78, 5) is 15.9. The van der Waals surface area contributed by atoms with Crippen LogP contribution in [0.25, 0.3) is 10.6 Å². The third kappa shape index (κ3) is 3.30. The van der Waals surface area contributed by atoms with Crippen LogP contribution in [0.3, 0.4) is 0 Å². The van der Waals surface area contributed by atoms with Crippen LogP contribution in [0, 0.1) is 0 Å². The molecule has 1 amide bonds. The summed E-state index contributed by atoms with van der Waals surface area (Å²) in [6.45, 7) is 0.672. The van der Waals surface area contributed by atoms with E-state index in [9.17, 15) is 4.79 Å². The Bertz CT molecular complexity index is 935. The van der Waals surface area contributed by atoms with Crippen LogP contribution < -0.4 is 9.47 Å². The first kappa shape index (κ1) is 17.6. The molecule has 140 valence electrons. The lowest BCUT2D eigenvalue weighted by molar-refractivity contribution is 0.0723. The van der Waals surface area contributed by atoms with Crippen molar-refractivity contribution in [3.63, 3.8) is 0 Å². The molecule has 1 fully saturated rings. The summed E-state index contributed by atoms with van der Waals surface area (Å²) >= 11 is 1.55. The number of carbonyl (C=O) groups is 1. The lowest BCUT2D eigenvalue weighted by Crippen LogP contribution is -2.31. The van der Waals surface area contributed by atoms with Crippen LogP contribution >= 0.6 is 11.3 Å². The molecular formula is C20H20N2O4S. The van der Waals surface area contributed by atoms with Crippen molar-refractivity contribution >= 4 is 17.2 Å². The molecule has 1 aliphatic heterocycles. The first-order chi connectivity index (χ1) is 13.2. The lowest BCUT2D eigenvalue weighted by atomic mass is 10.0. The van der Waals surface area contributed by atoms with Gasteiger partial charge in [0.15, 0.2) is 11.5 Å². The maximum Gasteiger partial charge on any atom is 0.276 e. The fourth-order valence-electron chi connectivity index (χ4n) is 3.49. The van der Waals surface area contributed by atoms with Crippen molar-refractivity contribution in [3.05, 3.63) is 53.0 Å². The molecule has 0 N–H and O–H groups in total. The van der Waals surface area contributed by atoms with Crippen molar-refractivity contribution in [3.8, 4) is 22.1 Å². The molecule has 3 heterocycles. The minimum Gasteiger partial charge on any atom is -0.497 e. The molecule has 1 atom stereocenters. The number of thiophene rings is 1. The van der Waals surface area contributed by atoms with Crippen LogP contribution in [0.1, 0.15) is 34.9 Å². The van der Waals surface area contributed by atoms with Gasteiger partial charge in [-0.25, -0.2) is 0 Å². The lowest BCUT2D eigenvalue weighted by Gasteiger charge is -2.26. The molecule has 3 aromatic rings. The maximum absolute atomic E-state index is 13.1. The van der Waals surface area contributed by atoms with Crippen molar-refractivity contribution in [2.75, 3.05) is 20.8 Å². The van der Waals surface area contributed by atoms with Gasteiger partial charge in [-0.1, -0.05) is 11.2 Å². The third-order valence-corrected chi connectivity index (χ3v) is 5.69. The predicted octanol–water partition coefficient (Wildman–Crippen LogP) is 4.40. The summed E-state index contributed by atoms with van der Waals surface area (Å²) in [5.41, 5.74) is 1.27. The van der Waals surface area contributed by atoms with Crippen LogP contribution in [0.4, 0.5) is 0 Å². The number of hydrogen-bond donors (Lipinski definition) is 0. The largest absolute Gasteiger partial charge is 0.497 e. The van der Waals surface area contributed by atoms with Gasteiger partial charge in [0.05, 0.1) is 25.1 Å². The van der Waals surface area contributed by atoms with E-state index in [0.29, 0.717) is 18.0 Å². The van der Waals surface area contributed by atoms with Crippen LogP contribution in [-0.4, -0.2) is 36.7 Å². The Morgan fingerprint density at radius 1 is 1.26 bits per heavy atom. The van der Waals surface area contributed by atoms with Gasteiger partial charge in [0.25, 0.3) is 5.91 Å². The number of hydrogen-bond acceptors (Lipinski definition) is 6. The zero-order valence-electron chi connectivity index (χ0n) is 15.2. The van der Waals surface area contributed by atoms with E-state index in [2.05, 4.69) is 5.16 Å². The van der Waals surface area contributed by atoms with E-state index >= 15 is 0 Å². The molecule has 1 unspecified atom stereocenters. The van der Waals surface area contributed by atoms with Gasteiger partial charge in [0, 0.05) is 18.2 Å². The van der Waals surface area contributed by atoms with Crippen LogP contribution in [-0.2, 0) is 0 Å². The van der Waals surface area contributed by atoms with Crippen molar-refractivity contribution in [2.24, 2.45) is 0 Å². The molecule has 0 aliphatic carbocycles. The highest BCUT2D eigenvalue weighted by atomic mass is 32.1. The highest BCUT2D eigenvalue weighted by molar-refractivity contribution is 7.13. The molecule has 0 radical (unpaired) electrons. The number of ether oxygens (including phenoxy) is 2. The molecule has 7 heteroatoms. The number of rotatable bonds is 5. The van der Waals surface area contributed by atoms with Crippen molar-refractivity contribution in [2.45, 2.75) is 18.9 Å². The topological polar surface area (TPSA) is 64.8 Å². The van der Waals surface area contributed by atoms with Gasteiger partial charge < -0.3 is 18.9 Å². The number of aromatic nitrogens is 1. The minimum atomic E-state index is -0.131. The number of nitrogens with zero attached hydrogens (tertiary/aromatic N) is 2. The number of likely N-dealkylation sites (tertiary alicyclic amines) is 1. The molecule has 1 aromatic carbocycles. The van der Waals surface area contributed by atoms with E-state index in [1.807, 2.05) is 40.6 Å². The molecule has 6 nitrogen and oxygen atoms in total. The Morgan fingerprint density at radius 2 is 2.15 bits per heavy atom. The Kier molecular flexibility index (Phi) is 4.85. The van der Waals surface area contributed by atoms with Gasteiger partial charge in [0.2, 0.25) is 0 Å². The van der Waals surface area contributed by atoms with Gasteiger partial charge in [0.1, 0.15) is 11.5 Å². The summed E-state index contributed by atoms with van der Waals surface area (Å²) < 4.78 is 16.3. The smallest absolute Gasteiger partial charge is 0.276 e. The third-order valence-electron chi connectivity index (χ3n) is 4.80. The number of methoxy groups -OCH3 is 2. The molecule has 0 saturated carbocycles. The first-order valence-corrected chi connectivity index (χ1v) is 9.62. The van der Waals surface area contributed by atoms with Gasteiger partial charge in [-0.05, 0) is 42.5 Å². The average molecular weight is 384 g/mol. The number of amides is 1. The summed E-state index contributed by atoms with van der Waals surface area (Å²) in [5, 5.41) is 5.97. The van der Waals surface area contributed by atoms with Crippen molar-refractivity contribution < 1.29 is 18.8 Å². The number of carbonyl (C=O) groups excluding carboxylic acids is 1. The standard InChI is InChI=1S/C20H20N2O4S/c1-24-13-7-8-17(25-2)14(11-13)16-5-3-9-22(16)20(23)15-12-18(26-21-15)19-6-4-10-27-19/h4,6-8,10-12,16H,3,5,9H2,1-2H3. The quantitative estimate of drug-likeness (QED) is 0.652. The van der Waals surface area contributed by atoms with E-state index in [1.54, 1.807) is 31.6 Å². The zero-order valence-corrected chi connectivity index (χ0v) is 16.0.